The normalized spacial score (nSPS) is 10.7. The molecule has 0 aliphatic rings. The monoisotopic (exact) mass is 416 g/mol. The number of nitrogens with one attached hydrogen (secondary N) is 3. The number of anilines is 2. The van der Waals surface area contributed by atoms with Gasteiger partial charge in [-0.3, -0.25) is 9.50 Å². The van der Waals surface area contributed by atoms with E-state index in [9.17, 15) is 0 Å². The molecule has 8 nitrogen and oxygen atoms in total. The predicted octanol–water partition coefficient (Wildman–Crippen LogP) is 3.80. The molecule has 0 atom stereocenters. The lowest BCUT2D eigenvalue weighted by Gasteiger charge is -2.04. The maximum atomic E-state index is 4.52. The molecule has 0 amide bonds. The molecule has 3 N–H and O–H groups in total. The van der Waals surface area contributed by atoms with Crippen LogP contribution in [-0.4, -0.2) is 48.3 Å². The minimum atomic E-state index is 0.709. The molecule has 4 heterocycles. The molecular formula is C18H24N8S2. The highest BCUT2D eigenvalue weighted by atomic mass is 32.2. The molecule has 10 heteroatoms. The lowest BCUT2D eigenvalue weighted by Crippen LogP contribution is -2.09. The van der Waals surface area contributed by atoms with Gasteiger partial charge in [0.2, 0.25) is 0 Å². The summed E-state index contributed by atoms with van der Waals surface area (Å²) < 4.78 is 6.50. The first-order chi connectivity index (χ1) is 13.8. The van der Waals surface area contributed by atoms with Crippen molar-refractivity contribution in [2.45, 2.75) is 19.6 Å². The summed E-state index contributed by atoms with van der Waals surface area (Å²) >= 11 is 3.31. The molecule has 28 heavy (non-hydrogen) atoms. The van der Waals surface area contributed by atoms with Crippen LogP contribution in [0.4, 0.5) is 10.8 Å². The molecule has 4 aromatic rings. The fourth-order valence-corrected chi connectivity index (χ4v) is 4.11. The molecule has 0 radical (unpaired) electrons. The molecule has 0 saturated heterocycles. The molecule has 0 fully saturated rings. The van der Waals surface area contributed by atoms with Gasteiger partial charge in [0.1, 0.15) is 5.00 Å². The van der Waals surface area contributed by atoms with E-state index >= 15 is 0 Å². The van der Waals surface area contributed by atoms with Crippen LogP contribution in [0.25, 0.3) is 16.9 Å². The maximum absolute atomic E-state index is 4.52. The number of fused-ring (bicyclic) bond motifs is 1. The van der Waals surface area contributed by atoms with E-state index in [1.807, 2.05) is 55.6 Å². The van der Waals surface area contributed by atoms with Crippen molar-refractivity contribution in [3.8, 4) is 11.3 Å². The number of rotatable bonds is 8. The van der Waals surface area contributed by atoms with E-state index in [1.165, 1.54) is 11.5 Å². The van der Waals surface area contributed by atoms with Crippen LogP contribution in [-0.2, 0) is 5.75 Å². The molecule has 148 valence electrons. The summed E-state index contributed by atoms with van der Waals surface area (Å²) in [6.45, 7) is 5.00. The number of aromatic nitrogens is 6. The molecule has 0 saturated carbocycles. The van der Waals surface area contributed by atoms with Gasteiger partial charge in [-0.25, -0.2) is 9.97 Å². The Bertz CT molecular complexity index is 977. The number of hydrogen-bond acceptors (Lipinski definition) is 8. The van der Waals surface area contributed by atoms with E-state index in [2.05, 4.69) is 41.2 Å². The Morgan fingerprint density at radius 1 is 1.25 bits per heavy atom. The first-order valence-corrected chi connectivity index (χ1v) is 11.0. The molecule has 4 rings (SSSR count). The molecular weight excluding hydrogens is 392 g/mol. The second-order valence-corrected chi connectivity index (χ2v) is 7.47. The SMILES string of the molecule is CC.CNCCSCc1cc(Nc2nccn3c(-c4cn[nH]c4)cnc23)sn1. The Labute approximate surface area is 172 Å². The predicted molar refractivity (Wildman–Crippen MR) is 117 cm³/mol. The number of thioether (sulfide) groups is 1. The van der Waals surface area contributed by atoms with Gasteiger partial charge in [0, 0.05) is 42.2 Å². The van der Waals surface area contributed by atoms with Crippen molar-refractivity contribution >= 4 is 39.8 Å². The average molecular weight is 417 g/mol. The van der Waals surface area contributed by atoms with Gasteiger partial charge in [-0.2, -0.15) is 21.2 Å². The van der Waals surface area contributed by atoms with E-state index in [0.717, 1.165) is 45.7 Å². The van der Waals surface area contributed by atoms with Crippen LogP contribution in [0, 0.1) is 0 Å². The van der Waals surface area contributed by atoms with E-state index in [4.69, 9.17) is 0 Å². The summed E-state index contributed by atoms with van der Waals surface area (Å²) in [5, 5.41) is 14.3. The third-order valence-electron chi connectivity index (χ3n) is 3.77. The summed E-state index contributed by atoms with van der Waals surface area (Å²) in [7, 11) is 1.96. The zero-order chi connectivity index (χ0) is 19.8. The molecule has 0 aliphatic heterocycles. The van der Waals surface area contributed by atoms with Crippen molar-refractivity contribution in [1.82, 2.24) is 34.3 Å². The largest absolute Gasteiger partial charge is 0.328 e. The fourth-order valence-electron chi connectivity index (χ4n) is 2.52. The van der Waals surface area contributed by atoms with Gasteiger partial charge >= 0.3 is 0 Å². The molecule has 0 aromatic carbocycles. The van der Waals surface area contributed by atoms with Crippen LogP contribution < -0.4 is 10.6 Å². The quantitative estimate of drug-likeness (QED) is 0.376. The molecule has 4 aromatic heterocycles. The average Bonchev–Trinajstić information content (AvgIpc) is 3.47. The third kappa shape index (κ3) is 4.70. The van der Waals surface area contributed by atoms with Crippen molar-refractivity contribution < 1.29 is 0 Å². The van der Waals surface area contributed by atoms with Crippen LogP contribution in [0.5, 0.6) is 0 Å². The smallest absolute Gasteiger partial charge is 0.180 e. The topological polar surface area (TPSA) is 95.8 Å². The van der Waals surface area contributed by atoms with Crippen molar-refractivity contribution in [3.63, 3.8) is 0 Å². The number of nitrogens with zero attached hydrogens (tertiary/aromatic N) is 5. The third-order valence-corrected chi connectivity index (χ3v) is 5.50. The summed E-state index contributed by atoms with van der Waals surface area (Å²) in [5.74, 6) is 2.69. The number of hydrogen-bond donors (Lipinski definition) is 3. The van der Waals surface area contributed by atoms with E-state index in [1.54, 1.807) is 12.4 Å². The first-order valence-electron chi connectivity index (χ1n) is 9.11. The van der Waals surface area contributed by atoms with Crippen molar-refractivity contribution in [3.05, 3.63) is 42.7 Å². The summed E-state index contributed by atoms with van der Waals surface area (Å²) in [5.41, 5.74) is 3.79. The highest BCUT2D eigenvalue weighted by Crippen LogP contribution is 2.27. The first kappa shape index (κ1) is 20.3. The lowest BCUT2D eigenvalue weighted by molar-refractivity contribution is 0.871. The van der Waals surface area contributed by atoms with Gasteiger partial charge in [0.25, 0.3) is 0 Å². The maximum Gasteiger partial charge on any atom is 0.180 e. The second-order valence-electron chi connectivity index (χ2n) is 5.56. The van der Waals surface area contributed by atoms with Gasteiger partial charge in [0.15, 0.2) is 11.5 Å². The standard InChI is InChI=1S/C16H18N8S2.C2H6/c1-17-3-5-25-10-12-6-14(26-23-12)22-15-16-19-9-13(11-7-20-21-8-11)24(16)4-2-18-15;1-2/h2,4,6-9,17H,3,5,10H2,1H3,(H,18,22)(H,20,21);1-2H3. The van der Waals surface area contributed by atoms with Gasteiger partial charge < -0.3 is 10.6 Å². The Balaban J connectivity index is 0.00000109. The van der Waals surface area contributed by atoms with E-state index in [-0.39, 0.29) is 0 Å². The molecule has 0 bridgehead atoms. The Hall–Kier alpha value is -2.43. The Kier molecular flexibility index (Phi) is 7.40. The van der Waals surface area contributed by atoms with Crippen LogP contribution in [0.3, 0.4) is 0 Å². The summed E-state index contributed by atoms with van der Waals surface area (Å²) in [6, 6.07) is 2.07. The van der Waals surface area contributed by atoms with Crippen LogP contribution in [0.1, 0.15) is 19.5 Å². The van der Waals surface area contributed by atoms with E-state index < -0.39 is 0 Å². The van der Waals surface area contributed by atoms with E-state index in [0.29, 0.717) is 5.82 Å². The second kappa shape index (κ2) is 10.2. The van der Waals surface area contributed by atoms with Crippen molar-refractivity contribution in [2.24, 2.45) is 0 Å². The summed E-state index contributed by atoms with van der Waals surface area (Å²) in [4.78, 5) is 8.96. The number of imidazole rings is 1. The summed E-state index contributed by atoms with van der Waals surface area (Å²) in [6.07, 6.45) is 9.10. The van der Waals surface area contributed by atoms with Crippen LogP contribution in [0.2, 0.25) is 0 Å². The van der Waals surface area contributed by atoms with Crippen LogP contribution >= 0.6 is 23.3 Å². The Morgan fingerprint density at radius 2 is 2.14 bits per heavy atom. The highest BCUT2D eigenvalue weighted by Gasteiger charge is 2.12. The molecule has 0 spiro atoms. The zero-order valence-electron chi connectivity index (χ0n) is 16.1. The number of aromatic amines is 1. The van der Waals surface area contributed by atoms with Crippen molar-refractivity contribution in [1.29, 1.82) is 0 Å². The van der Waals surface area contributed by atoms with Crippen LogP contribution in [0.15, 0.2) is 37.1 Å². The lowest BCUT2D eigenvalue weighted by atomic mass is 10.3. The highest BCUT2D eigenvalue weighted by molar-refractivity contribution is 7.98. The Morgan fingerprint density at radius 3 is 2.93 bits per heavy atom. The minimum absolute atomic E-state index is 0.709. The van der Waals surface area contributed by atoms with Gasteiger partial charge in [-0.05, 0) is 24.6 Å². The number of H-pyrrole nitrogens is 1. The van der Waals surface area contributed by atoms with Gasteiger partial charge in [0.05, 0.1) is 23.8 Å². The van der Waals surface area contributed by atoms with Gasteiger partial charge in [-0.1, -0.05) is 13.8 Å². The minimum Gasteiger partial charge on any atom is -0.328 e. The van der Waals surface area contributed by atoms with Crippen molar-refractivity contribution in [2.75, 3.05) is 24.7 Å². The molecule has 0 aliphatic carbocycles. The fraction of sp³-hybridized carbons (Fsp3) is 0.333. The van der Waals surface area contributed by atoms with Gasteiger partial charge in [-0.15, -0.1) is 0 Å². The molecule has 0 unspecified atom stereocenters. The zero-order valence-corrected chi connectivity index (χ0v) is 17.8.